The Balaban J connectivity index is 2.22. The van der Waals surface area contributed by atoms with E-state index < -0.39 is 0 Å². The van der Waals surface area contributed by atoms with Crippen molar-refractivity contribution in [3.8, 4) is 11.5 Å². The van der Waals surface area contributed by atoms with Crippen LogP contribution in [-0.4, -0.2) is 14.2 Å². The molecule has 0 fully saturated rings. The molecule has 0 aliphatic carbocycles. The van der Waals surface area contributed by atoms with Gasteiger partial charge in [0.25, 0.3) is 0 Å². The zero-order valence-electron chi connectivity index (χ0n) is 11.5. The molecule has 0 aliphatic rings. The van der Waals surface area contributed by atoms with Crippen molar-refractivity contribution in [2.45, 2.75) is 6.54 Å². The molecule has 0 unspecified atom stereocenters. The van der Waals surface area contributed by atoms with Crippen molar-refractivity contribution >= 4 is 49.1 Å². The number of rotatable bonds is 5. The van der Waals surface area contributed by atoms with E-state index in [0.29, 0.717) is 11.6 Å². The zero-order chi connectivity index (χ0) is 15.4. The SMILES string of the molecule is COc1cc(NCc2cc(Cl)ccc2OC)c(Br)cc1Br. The minimum Gasteiger partial charge on any atom is -0.496 e. The molecule has 0 spiro atoms. The molecule has 0 saturated heterocycles. The topological polar surface area (TPSA) is 30.5 Å². The van der Waals surface area contributed by atoms with Crippen LogP contribution in [0, 0.1) is 0 Å². The van der Waals surface area contributed by atoms with Crippen LogP contribution in [0.5, 0.6) is 11.5 Å². The highest BCUT2D eigenvalue weighted by atomic mass is 79.9. The largest absolute Gasteiger partial charge is 0.496 e. The highest BCUT2D eigenvalue weighted by Crippen LogP contribution is 2.35. The Bertz CT molecular complexity index is 650. The van der Waals surface area contributed by atoms with Crippen molar-refractivity contribution in [2.75, 3.05) is 19.5 Å². The van der Waals surface area contributed by atoms with E-state index in [1.54, 1.807) is 14.2 Å². The standard InChI is InChI=1S/C15H14Br2ClNO2/c1-20-14-4-3-10(18)5-9(14)8-19-13-7-15(21-2)12(17)6-11(13)16/h3-7,19H,8H2,1-2H3. The van der Waals surface area contributed by atoms with Crippen LogP contribution in [0.3, 0.4) is 0 Å². The Labute approximate surface area is 145 Å². The molecule has 0 heterocycles. The molecule has 112 valence electrons. The molecule has 2 aromatic carbocycles. The van der Waals surface area contributed by atoms with Crippen LogP contribution in [0.1, 0.15) is 5.56 Å². The number of anilines is 1. The van der Waals surface area contributed by atoms with E-state index in [-0.39, 0.29) is 0 Å². The first-order valence-electron chi connectivity index (χ1n) is 6.14. The van der Waals surface area contributed by atoms with Gasteiger partial charge in [0, 0.05) is 27.7 Å². The van der Waals surface area contributed by atoms with Crippen molar-refractivity contribution in [1.82, 2.24) is 0 Å². The maximum absolute atomic E-state index is 6.04. The fourth-order valence-electron chi connectivity index (χ4n) is 1.90. The molecule has 21 heavy (non-hydrogen) atoms. The Morgan fingerprint density at radius 2 is 1.71 bits per heavy atom. The summed E-state index contributed by atoms with van der Waals surface area (Å²) in [5.41, 5.74) is 1.91. The van der Waals surface area contributed by atoms with Crippen molar-refractivity contribution in [1.29, 1.82) is 0 Å². The number of hydrogen-bond donors (Lipinski definition) is 1. The van der Waals surface area contributed by atoms with Gasteiger partial charge < -0.3 is 14.8 Å². The van der Waals surface area contributed by atoms with Gasteiger partial charge in [-0.05, 0) is 56.1 Å². The molecule has 0 bridgehead atoms. The average molecular weight is 436 g/mol. The van der Waals surface area contributed by atoms with E-state index in [9.17, 15) is 0 Å². The number of hydrogen-bond acceptors (Lipinski definition) is 3. The summed E-state index contributed by atoms with van der Waals surface area (Å²) in [5, 5.41) is 4.03. The van der Waals surface area contributed by atoms with Crippen molar-refractivity contribution < 1.29 is 9.47 Å². The molecule has 2 rings (SSSR count). The van der Waals surface area contributed by atoms with E-state index in [0.717, 1.165) is 31.7 Å². The van der Waals surface area contributed by atoms with Crippen LogP contribution in [0.4, 0.5) is 5.69 Å². The van der Waals surface area contributed by atoms with Gasteiger partial charge in [0.1, 0.15) is 11.5 Å². The van der Waals surface area contributed by atoms with Crippen LogP contribution < -0.4 is 14.8 Å². The molecule has 3 nitrogen and oxygen atoms in total. The van der Waals surface area contributed by atoms with Crippen LogP contribution in [0.15, 0.2) is 39.3 Å². The summed E-state index contributed by atoms with van der Waals surface area (Å²) in [5.74, 6) is 1.56. The number of methoxy groups -OCH3 is 2. The lowest BCUT2D eigenvalue weighted by molar-refractivity contribution is 0.410. The van der Waals surface area contributed by atoms with E-state index >= 15 is 0 Å². The normalized spacial score (nSPS) is 10.3. The molecule has 0 amide bonds. The summed E-state index contributed by atoms with van der Waals surface area (Å²) in [6.45, 7) is 0.590. The zero-order valence-corrected chi connectivity index (χ0v) is 15.5. The Hall–Kier alpha value is -0.910. The van der Waals surface area contributed by atoms with E-state index in [1.807, 2.05) is 30.3 Å². The minimum atomic E-state index is 0.590. The molecule has 2 aromatic rings. The number of ether oxygens (including phenoxy) is 2. The molecule has 6 heteroatoms. The average Bonchev–Trinajstić information content (AvgIpc) is 2.46. The van der Waals surface area contributed by atoms with Gasteiger partial charge in [-0.3, -0.25) is 0 Å². The number of benzene rings is 2. The van der Waals surface area contributed by atoms with Crippen LogP contribution in [0.2, 0.25) is 5.02 Å². The molecule has 1 N–H and O–H groups in total. The number of halogens is 3. The first-order valence-corrected chi connectivity index (χ1v) is 8.11. The summed E-state index contributed by atoms with van der Waals surface area (Å²) in [7, 11) is 3.28. The lowest BCUT2D eigenvalue weighted by atomic mass is 10.2. The van der Waals surface area contributed by atoms with Gasteiger partial charge in [-0.25, -0.2) is 0 Å². The molecule has 0 aromatic heterocycles. The van der Waals surface area contributed by atoms with E-state index in [2.05, 4.69) is 37.2 Å². The van der Waals surface area contributed by atoms with Gasteiger partial charge in [0.05, 0.1) is 24.4 Å². The second-order valence-corrected chi connectivity index (χ2v) is 6.42. The van der Waals surface area contributed by atoms with Gasteiger partial charge in [-0.1, -0.05) is 11.6 Å². The Morgan fingerprint density at radius 1 is 1.00 bits per heavy atom. The fourth-order valence-corrected chi connectivity index (χ4v) is 3.39. The number of nitrogens with one attached hydrogen (secondary N) is 1. The minimum absolute atomic E-state index is 0.590. The molecular weight excluding hydrogens is 421 g/mol. The third-order valence-corrected chi connectivity index (χ3v) is 4.46. The first-order chi connectivity index (χ1) is 10.0. The third kappa shape index (κ3) is 4.05. The molecule has 0 radical (unpaired) electrons. The second kappa shape index (κ2) is 7.38. The highest BCUT2D eigenvalue weighted by Gasteiger charge is 2.09. The smallest absolute Gasteiger partial charge is 0.135 e. The maximum atomic E-state index is 6.04. The van der Waals surface area contributed by atoms with Gasteiger partial charge >= 0.3 is 0 Å². The summed E-state index contributed by atoms with van der Waals surface area (Å²) >= 11 is 13.0. The van der Waals surface area contributed by atoms with Gasteiger partial charge in [-0.15, -0.1) is 0 Å². The van der Waals surface area contributed by atoms with Gasteiger partial charge in [0.2, 0.25) is 0 Å². The predicted octanol–water partition coefficient (Wildman–Crippen LogP) is 5.49. The van der Waals surface area contributed by atoms with Crippen LogP contribution >= 0.6 is 43.5 Å². The monoisotopic (exact) mass is 433 g/mol. The molecule has 0 atom stereocenters. The van der Waals surface area contributed by atoms with Crippen molar-refractivity contribution in [3.05, 3.63) is 49.9 Å². The summed E-state index contributed by atoms with van der Waals surface area (Å²) in [4.78, 5) is 0. The highest BCUT2D eigenvalue weighted by molar-refractivity contribution is 9.11. The molecule has 0 aliphatic heterocycles. The third-order valence-electron chi connectivity index (χ3n) is 2.95. The second-order valence-electron chi connectivity index (χ2n) is 4.28. The van der Waals surface area contributed by atoms with Gasteiger partial charge in [-0.2, -0.15) is 0 Å². The summed E-state index contributed by atoms with van der Waals surface area (Å²) < 4.78 is 12.5. The Morgan fingerprint density at radius 3 is 2.38 bits per heavy atom. The lowest BCUT2D eigenvalue weighted by Crippen LogP contribution is -2.03. The van der Waals surface area contributed by atoms with E-state index in [4.69, 9.17) is 21.1 Å². The molecule has 0 saturated carbocycles. The Kier molecular flexibility index (Phi) is 5.79. The summed E-state index contributed by atoms with van der Waals surface area (Å²) in [6, 6.07) is 9.41. The van der Waals surface area contributed by atoms with E-state index in [1.165, 1.54) is 0 Å². The van der Waals surface area contributed by atoms with Crippen molar-refractivity contribution in [3.63, 3.8) is 0 Å². The predicted molar refractivity (Wildman–Crippen MR) is 93.7 cm³/mol. The lowest BCUT2D eigenvalue weighted by Gasteiger charge is -2.14. The van der Waals surface area contributed by atoms with Crippen LogP contribution in [0.25, 0.3) is 0 Å². The summed E-state index contributed by atoms with van der Waals surface area (Å²) in [6.07, 6.45) is 0. The van der Waals surface area contributed by atoms with Gasteiger partial charge in [0.15, 0.2) is 0 Å². The maximum Gasteiger partial charge on any atom is 0.135 e. The van der Waals surface area contributed by atoms with Crippen LogP contribution in [-0.2, 0) is 6.54 Å². The molecular formula is C15H14Br2ClNO2. The first kappa shape index (κ1) is 16.5. The van der Waals surface area contributed by atoms with Crippen molar-refractivity contribution in [2.24, 2.45) is 0 Å². The fraction of sp³-hybridized carbons (Fsp3) is 0.200. The quantitative estimate of drug-likeness (QED) is 0.673.